The summed E-state index contributed by atoms with van der Waals surface area (Å²) in [5.41, 5.74) is 9.08. The van der Waals surface area contributed by atoms with Gasteiger partial charge in [0.1, 0.15) is 0 Å². The van der Waals surface area contributed by atoms with E-state index < -0.39 is 0 Å². The van der Waals surface area contributed by atoms with Gasteiger partial charge in [-0.3, -0.25) is 0 Å². The highest BCUT2D eigenvalue weighted by molar-refractivity contribution is 5.65. The van der Waals surface area contributed by atoms with Gasteiger partial charge in [0.15, 0.2) is 0 Å². The van der Waals surface area contributed by atoms with Crippen molar-refractivity contribution in [1.29, 1.82) is 0 Å². The second-order valence-corrected chi connectivity index (χ2v) is 4.10. The molecule has 0 amide bonds. The first-order valence-electron chi connectivity index (χ1n) is 5.98. The molecule has 2 heteroatoms. The zero-order chi connectivity index (χ0) is 11.9. The Morgan fingerprint density at radius 3 is 2.35 bits per heavy atom. The van der Waals surface area contributed by atoms with Crippen molar-refractivity contribution in [2.45, 2.75) is 12.8 Å². The zero-order valence-corrected chi connectivity index (χ0v) is 9.89. The van der Waals surface area contributed by atoms with E-state index in [4.69, 9.17) is 5.73 Å². The van der Waals surface area contributed by atoms with Gasteiger partial charge < -0.3 is 11.1 Å². The molecule has 17 heavy (non-hydrogen) atoms. The molecule has 0 atom stereocenters. The molecular formula is C15H18N2. The minimum atomic E-state index is 0.812. The fourth-order valence-electron chi connectivity index (χ4n) is 1.82. The molecule has 0 saturated carbocycles. The van der Waals surface area contributed by atoms with Crippen molar-refractivity contribution in [3.63, 3.8) is 0 Å². The molecule has 0 aliphatic carbocycles. The first-order chi connectivity index (χ1) is 8.36. The summed E-state index contributed by atoms with van der Waals surface area (Å²) in [5.74, 6) is 0. The average molecular weight is 226 g/mol. The SMILES string of the molecule is Nc1ccccc1NCCCc1ccccc1. The summed E-state index contributed by atoms with van der Waals surface area (Å²) in [6.07, 6.45) is 2.21. The van der Waals surface area contributed by atoms with Crippen LogP contribution in [0, 0.1) is 0 Å². The third kappa shape index (κ3) is 3.52. The molecule has 2 aromatic rings. The van der Waals surface area contributed by atoms with Crippen LogP contribution in [0.5, 0.6) is 0 Å². The molecule has 3 N–H and O–H groups in total. The van der Waals surface area contributed by atoms with E-state index in [2.05, 4.69) is 29.6 Å². The number of rotatable bonds is 5. The molecule has 0 radical (unpaired) electrons. The Hall–Kier alpha value is -1.96. The van der Waals surface area contributed by atoms with E-state index >= 15 is 0 Å². The number of para-hydroxylation sites is 2. The number of hydrogen-bond acceptors (Lipinski definition) is 2. The summed E-state index contributed by atoms with van der Waals surface area (Å²) in [6.45, 7) is 0.948. The topological polar surface area (TPSA) is 38.0 Å². The molecule has 0 spiro atoms. The lowest BCUT2D eigenvalue weighted by Crippen LogP contribution is -2.05. The molecule has 0 heterocycles. The molecule has 88 valence electrons. The lowest BCUT2D eigenvalue weighted by atomic mass is 10.1. The first-order valence-corrected chi connectivity index (χ1v) is 5.98. The highest BCUT2D eigenvalue weighted by Gasteiger charge is 1.96. The van der Waals surface area contributed by atoms with Gasteiger partial charge >= 0.3 is 0 Å². The number of benzene rings is 2. The molecule has 0 saturated heterocycles. The predicted molar refractivity (Wildman–Crippen MR) is 74.1 cm³/mol. The third-order valence-electron chi connectivity index (χ3n) is 2.76. The normalized spacial score (nSPS) is 10.1. The molecule has 0 aromatic heterocycles. The van der Waals surface area contributed by atoms with Crippen molar-refractivity contribution in [3.05, 3.63) is 60.2 Å². The summed E-state index contributed by atoms with van der Waals surface area (Å²) >= 11 is 0. The van der Waals surface area contributed by atoms with E-state index in [0.717, 1.165) is 30.8 Å². The molecule has 2 nitrogen and oxygen atoms in total. The Morgan fingerprint density at radius 2 is 1.59 bits per heavy atom. The summed E-state index contributed by atoms with van der Waals surface area (Å²) in [4.78, 5) is 0. The maximum Gasteiger partial charge on any atom is 0.0573 e. The van der Waals surface area contributed by atoms with Crippen LogP contribution in [0.4, 0.5) is 11.4 Å². The van der Waals surface area contributed by atoms with E-state index in [1.165, 1.54) is 5.56 Å². The summed E-state index contributed by atoms with van der Waals surface area (Å²) in [5, 5.41) is 3.36. The quantitative estimate of drug-likeness (QED) is 0.606. The fraction of sp³-hybridized carbons (Fsp3) is 0.200. The van der Waals surface area contributed by atoms with Gasteiger partial charge in [-0.2, -0.15) is 0 Å². The van der Waals surface area contributed by atoms with Crippen molar-refractivity contribution in [1.82, 2.24) is 0 Å². The van der Waals surface area contributed by atoms with Gasteiger partial charge in [-0.05, 0) is 30.5 Å². The molecule has 0 bridgehead atoms. The van der Waals surface area contributed by atoms with Crippen LogP contribution in [-0.2, 0) is 6.42 Å². The lowest BCUT2D eigenvalue weighted by molar-refractivity contribution is 0.863. The summed E-state index contributed by atoms with van der Waals surface area (Å²) in [6, 6.07) is 18.4. The maximum absolute atomic E-state index is 5.85. The van der Waals surface area contributed by atoms with Crippen LogP contribution in [0.2, 0.25) is 0 Å². The Labute approximate surface area is 102 Å². The van der Waals surface area contributed by atoms with Gasteiger partial charge in [0.25, 0.3) is 0 Å². The van der Waals surface area contributed by atoms with Gasteiger partial charge in [0, 0.05) is 6.54 Å². The second-order valence-electron chi connectivity index (χ2n) is 4.10. The average Bonchev–Trinajstić information content (AvgIpc) is 2.38. The fourth-order valence-corrected chi connectivity index (χ4v) is 1.82. The Bertz CT molecular complexity index is 451. The Kier molecular flexibility index (Phi) is 4.03. The van der Waals surface area contributed by atoms with E-state index in [0.29, 0.717) is 0 Å². The van der Waals surface area contributed by atoms with Crippen molar-refractivity contribution in [3.8, 4) is 0 Å². The second kappa shape index (κ2) is 5.94. The number of hydrogen-bond donors (Lipinski definition) is 2. The van der Waals surface area contributed by atoms with Gasteiger partial charge in [-0.25, -0.2) is 0 Å². The number of nitrogen functional groups attached to an aromatic ring is 1. The van der Waals surface area contributed by atoms with Gasteiger partial charge in [0.05, 0.1) is 11.4 Å². The number of nitrogens with one attached hydrogen (secondary N) is 1. The Balaban J connectivity index is 1.76. The monoisotopic (exact) mass is 226 g/mol. The van der Waals surface area contributed by atoms with Crippen molar-refractivity contribution in [2.75, 3.05) is 17.6 Å². The molecule has 0 fully saturated rings. The standard InChI is InChI=1S/C15H18N2/c16-14-10-4-5-11-15(14)17-12-6-9-13-7-2-1-3-8-13/h1-5,7-8,10-11,17H,6,9,12,16H2. The van der Waals surface area contributed by atoms with Crippen LogP contribution in [0.25, 0.3) is 0 Å². The molecular weight excluding hydrogens is 208 g/mol. The van der Waals surface area contributed by atoms with Crippen LogP contribution >= 0.6 is 0 Å². The highest BCUT2D eigenvalue weighted by atomic mass is 14.9. The minimum Gasteiger partial charge on any atom is -0.397 e. The van der Waals surface area contributed by atoms with E-state index in [1.807, 2.05) is 30.3 Å². The van der Waals surface area contributed by atoms with Crippen molar-refractivity contribution >= 4 is 11.4 Å². The largest absolute Gasteiger partial charge is 0.397 e. The molecule has 2 rings (SSSR count). The molecule has 2 aromatic carbocycles. The van der Waals surface area contributed by atoms with Crippen molar-refractivity contribution in [2.24, 2.45) is 0 Å². The smallest absolute Gasteiger partial charge is 0.0573 e. The molecule has 0 unspecified atom stereocenters. The van der Waals surface area contributed by atoms with E-state index in [-0.39, 0.29) is 0 Å². The van der Waals surface area contributed by atoms with E-state index in [9.17, 15) is 0 Å². The summed E-state index contributed by atoms with van der Waals surface area (Å²) < 4.78 is 0. The lowest BCUT2D eigenvalue weighted by Gasteiger charge is -2.08. The zero-order valence-electron chi connectivity index (χ0n) is 9.89. The Morgan fingerprint density at radius 1 is 0.882 bits per heavy atom. The highest BCUT2D eigenvalue weighted by Crippen LogP contribution is 2.16. The van der Waals surface area contributed by atoms with Crippen LogP contribution in [0.1, 0.15) is 12.0 Å². The first kappa shape index (κ1) is 11.5. The van der Waals surface area contributed by atoms with Gasteiger partial charge in [0.2, 0.25) is 0 Å². The molecule has 0 aliphatic rings. The number of aryl methyl sites for hydroxylation is 1. The van der Waals surface area contributed by atoms with Crippen LogP contribution in [0.15, 0.2) is 54.6 Å². The predicted octanol–water partition coefficient (Wildman–Crippen LogP) is 3.31. The van der Waals surface area contributed by atoms with Gasteiger partial charge in [-0.15, -0.1) is 0 Å². The van der Waals surface area contributed by atoms with E-state index in [1.54, 1.807) is 0 Å². The number of nitrogens with two attached hydrogens (primary N) is 1. The maximum atomic E-state index is 5.85. The minimum absolute atomic E-state index is 0.812. The number of anilines is 2. The van der Waals surface area contributed by atoms with Crippen molar-refractivity contribution < 1.29 is 0 Å². The van der Waals surface area contributed by atoms with Gasteiger partial charge in [-0.1, -0.05) is 42.5 Å². The third-order valence-corrected chi connectivity index (χ3v) is 2.76. The van der Waals surface area contributed by atoms with Crippen LogP contribution in [-0.4, -0.2) is 6.54 Å². The summed E-state index contributed by atoms with van der Waals surface area (Å²) in [7, 11) is 0. The van der Waals surface area contributed by atoms with Crippen LogP contribution < -0.4 is 11.1 Å². The van der Waals surface area contributed by atoms with Crippen LogP contribution in [0.3, 0.4) is 0 Å². The molecule has 0 aliphatic heterocycles.